The molecular formula is C13H13F2NO3. The number of carboxylic acid groups (broad SMARTS) is 1. The SMILES string of the molecule is O=C(NC1CCCC1C(=O)O)c1ccc(F)c(F)c1. The van der Waals surface area contributed by atoms with Gasteiger partial charge in [0.15, 0.2) is 11.6 Å². The van der Waals surface area contributed by atoms with Gasteiger partial charge in [-0.3, -0.25) is 9.59 Å². The molecule has 19 heavy (non-hydrogen) atoms. The number of carbonyl (C=O) groups excluding carboxylic acids is 1. The Balaban J connectivity index is 2.08. The zero-order valence-electron chi connectivity index (χ0n) is 10.0. The molecule has 0 aromatic heterocycles. The lowest BCUT2D eigenvalue weighted by Gasteiger charge is -2.17. The minimum Gasteiger partial charge on any atom is -0.481 e. The van der Waals surface area contributed by atoms with E-state index in [0.29, 0.717) is 12.8 Å². The van der Waals surface area contributed by atoms with Crippen molar-refractivity contribution < 1.29 is 23.5 Å². The number of rotatable bonds is 3. The Kier molecular flexibility index (Phi) is 3.78. The predicted octanol–water partition coefficient (Wildman–Crippen LogP) is 1.95. The zero-order valence-corrected chi connectivity index (χ0v) is 10.0. The van der Waals surface area contributed by atoms with E-state index in [2.05, 4.69) is 5.32 Å². The van der Waals surface area contributed by atoms with Crippen LogP contribution < -0.4 is 5.32 Å². The third-order valence-electron chi connectivity index (χ3n) is 3.33. The molecule has 0 heterocycles. The molecule has 2 N–H and O–H groups in total. The molecular weight excluding hydrogens is 256 g/mol. The van der Waals surface area contributed by atoms with Crippen LogP contribution in [0.1, 0.15) is 29.6 Å². The summed E-state index contributed by atoms with van der Waals surface area (Å²) in [5.41, 5.74) is -0.0186. The molecule has 0 aliphatic heterocycles. The van der Waals surface area contributed by atoms with Gasteiger partial charge in [0.05, 0.1) is 5.92 Å². The van der Waals surface area contributed by atoms with Crippen LogP contribution in [0.15, 0.2) is 18.2 Å². The topological polar surface area (TPSA) is 66.4 Å². The van der Waals surface area contributed by atoms with Crippen molar-refractivity contribution in [3.8, 4) is 0 Å². The number of amides is 1. The van der Waals surface area contributed by atoms with Gasteiger partial charge in [0.25, 0.3) is 5.91 Å². The van der Waals surface area contributed by atoms with E-state index in [0.717, 1.165) is 18.6 Å². The van der Waals surface area contributed by atoms with Crippen molar-refractivity contribution in [1.82, 2.24) is 5.32 Å². The monoisotopic (exact) mass is 269 g/mol. The number of carbonyl (C=O) groups is 2. The lowest BCUT2D eigenvalue weighted by molar-refractivity contribution is -0.142. The van der Waals surface area contributed by atoms with Gasteiger partial charge in [-0.2, -0.15) is 0 Å². The van der Waals surface area contributed by atoms with Crippen LogP contribution in [0.25, 0.3) is 0 Å². The number of halogens is 2. The summed E-state index contributed by atoms with van der Waals surface area (Å²) in [5, 5.41) is 11.6. The Hall–Kier alpha value is -1.98. The summed E-state index contributed by atoms with van der Waals surface area (Å²) >= 11 is 0. The molecule has 1 fully saturated rings. The molecule has 1 saturated carbocycles. The van der Waals surface area contributed by atoms with Gasteiger partial charge in [0, 0.05) is 11.6 Å². The average Bonchev–Trinajstić information content (AvgIpc) is 2.80. The summed E-state index contributed by atoms with van der Waals surface area (Å²) in [6, 6.07) is 2.37. The maximum atomic E-state index is 13.0. The maximum Gasteiger partial charge on any atom is 0.308 e. The Morgan fingerprint density at radius 2 is 1.95 bits per heavy atom. The third-order valence-corrected chi connectivity index (χ3v) is 3.33. The van der Waals surface area contributed by atoms with Crippen molar-refractivity contribution in [1.29, 1.82) is 0 Å². The first-order chi connectivity index (χ1) is 8.99. The first-order valence-electron chi connectivity index (χ1n) is 5.98. The Morgan fingerprint density at radius 1 is 1.21 bits per heavy atom. The minimum absolute atomic E-state index is 0.0186. The summed E-state index contributed by atoms with van der Waals surface area (Å²) in [6.45, 7) is 0. The van der Waals surface area contributed by atoms with Crippen LogP contribution in [0.2, 0.25) is 0 Å². The number of carboxylic acids is 1. The summed E-state index contributed by atoms with van der Waals surface area (Å²) in [5.74, 6) is -4.28. The van der Waals surface area contributed by atoms with Crippen molar-refractivity contribution in [2.75, 3.05) is 0 Å². The summed E-state index contributed by atoms with van der Waals surface area (Å²) in [6.07, 6.45) is 1.81. The van der Waals surface area contributed by atoms with Crippen molar-refractivity contribution >= 4 is 11.9 Å². The Bertz CT molecular complexity index is 519. The molecule has 1 aromatic carbocycles. The second-order valence-electron chi connectivity index (χ2n) is 4.58. The number of nitrogens with one attached hydrogen (secondary N) is 1. The fourth-order valence-electron chi connectivity index (χ4n) is 2.32. The van der Waals surface area contributed by atoms with E-state index in [4.69, 9.17) is 5.11 Å². The van der Waals surface area contributed by atoms with Crippen molar-refractivity contribution in [2.45, 2.75) is 25.3 Å². The van der Waals surface area contributed by atoms with Crippen molar-refractivity contribution in [2.24, 2.45) is 5.92 Å². The molecule has 1 aliphatic rings. The zero-order chi connectivity index (χ0) is 14.0. The van der Waals surface area contributed by atoms with Gasteiger partial charge in [-0.05, 0) is 31.0 Å². The molecule has 1 amide bonds. The smallest absolute Gasteiger partial charge is 0.308 e. The van der Waals surface area contributed by atoms with Crippen LogP contribution in [-0.2, 0) is 4.79 Å². The van der Waals surface area contributed by atoms with E-state index >= 15 is 0 Å². The Labute approximate surface area is 108 Å². The molecule has 0 saturated heterocycles. The highest BCUT2D eigenvalue weighted by Crippen LogP contribution is 2.26. The summed E-state index contributed by atoms with van der Waals surface area (Å²) in [4.78, 5) is 22.8. The van der Waals surface area contributed by atoms with Gasteiger partial charge in [-0.1, -0.05) is 6.42 Å². The molecule has 4 nitrogen and oxygen atoms in total. The standard InChI is InChI=1S/C13H13F2NO3/c14-9-5-4-7(6-10(9)15)12(17)16-11-3-1-2-8(11)13(18)19/h4-6,8,11H,1-3H2,(H,16,17)(H,18,19). The van der Waals surface area contributed by atoms with Gasteiger partial charge in [0.2, 0.25) is 0 Å². The number of benzene rings is 1. The largest absolute Gasteiger partial charge is 0.481 e. The molecule has 0 spiro atoms. The molecule has 2 atom stereocenters. The normalized spacial score (nSPS) is 22.2. The van der Waals surface area contributed by atoms with Crippen LogP contribution in [0.4, 0.5) is 8.78 Å². The van der Waals surface area contributed by atoms with E-state index in [9.17, 15) is 18.4 Å². The van der Waals surface area contributed by atoms with Crippen LogP contribution in [0.5, 0.6) is 0 Å². The quantitative estimate of drug-likeness (QED) is 0.881. The second kappa shape index (κ2) is 5.34. The molecule has 0 radical (unpaired) electrons. The molecule has 1 aromatic rings. The van der Waals surface area contributed by atoms with Gasteiger partial charge < -0.3 is 10.4 Å². The summed E-state index contributed by atoms with van der Waals surface area (Å²) < 4.78 is 25.8. The van der Waals surface area contributed by atoms with E-state index in [1.54, 1.807) is 0 Å². The lowest BCUT2D eigenvalue weighted by atomic mass is 10.0. The van der Waals surface area contributed by atoms with E-state index in [1.165, 1.54) is 6.07 Å². The van der Waals surface area contributed by atoms with Gasteiger partial charge in [-0.15, -0.1) is 0 Å². The fourth-order valence-corrected chi connectivity index (χ4v) is 2.32. The highest BCUT2D eigenvalue weighted by Gasteiger charge is 2.34. The van der Waals surface area contributed by atoms with Crippen LogP contribution >= 0.6 is 0 Å². The van der Waals surface area contributed by atoms with Crippen molar-refractivity contribution in [3.63, 3.8) is 0 Å². The minimum atomic E-state index is -1.10. The molecule has 2 rings (SSSR count). The molecule has 6 heteroatoms. The number of hydrogen-bond donors (Lipinski definition) is 2. The highest BCUT2D eigenvalue weighted by molar-refractivity contribution is 5.94. The van der Waals surface area contributed by atoms with E-state index in [1.807, 2.05) is 0 Å². The lowest BCUT2D eigenvalue weighted by Crippen LogP contribution is -2.40. The summed E-state index contributed by atoms with van der Waals surface area (Å²) in [7, 11) is 0. The van der Waals surface area contributed by atoms with Gasteiger partial charge >= 0.3 is 5.97 Å². The third kappa shape index (κ3) is 2.89. The van der Waals surface area contributed by atoms with Gasteiger partial charge in [-0.25, -0.2) is 8.78 Å². The predicted molar refractivity (Wildman–Crippen MR) is 62.6 cm³/mol. The second-order valence-corrected chi connectivity index (χ2v) is 4.58. The van der Waals surface area contributed by atoms with Gasteiger partial charge in [0.1, 0.15) is 0 Å². The molecule has 2 unspecified atom stereocenters. The molecule has 1 aliphatic carbocycles. The maximum absolute atomic E-state index is 13.0. The van der Waals surface area contributed by atoms with E-state index in [-0.39, 0.29) is 5.56 Å². The Morgan fingerprint density at radius 3 is 2.58 bits per heavy atom. The van der Waals surface area contributed by atoms with E-state index < -0.39 is 35.5 Å². The number of aliphatic carboxylic acids is 1. The number of hydrogen-bond acceptors (Lipinski definition) is 2. The first-order valence-corrected chi connectivity index (χ1v) is 5.98. The molecule has 102 valence electrons. The van der Waals surface area contributed by atoms with Crippen LogP contribution in [0.3, 0.4) is 0 Å². The first kappa shape index (κ1) is 13.5. The van der Waals surface area contributed by atoms with Crippen LogP contribution in [-0.4, -0.2) is 23.0 Å². The van der Waals surface area contributed by atoms with Crippen LogP contribution in [0, 0.1) is 17.6 Å². The highest BCUT2D eigenvalue weighted by atomic mass is 19.2. The molecule has 0 bridgehead atoms. The fraction of sp³-hybridized carbons (Fsp3) is 0.385. The average molecular weight is 269 g/mol. The van der Waals surface area contributed by atoms with Crippen molar-refractivity contribution in [3.05, 3.63) is 35.4 Å².